The van der Waals surface area contributed by atoms with Gasteiger partial charge >= 0.3 is 0 Å². The number of hydrogen-bond donors (Lipinski definition) is 0. The zero-order chi connectivity index (χ0) is 22.0. The van der Waals surface area contributed by atoms with Crippen molar-refractivity contribution in [3.8, 4) is 28.6 Å². The molecule has 8 heteroatoms. The highest BCUT2D eigenvalue weighted by Gasteiger charge is 2.35. The van der Waals surface area contributed by atoms with Crippen LogP contribution in [0.3, 0.4) is 0 Å². The van der Waals surface area contributed by atoms with Gasteiger partial charge in [0.15, 0.2) is 11.5 Å². The summed E-state index contributed by atoms with van der Waals surface area (Å²) >= 11 is 0. The van der Waals surface area contributed by atoms with Crippen LogP contribution in [0.15, 0.2) is 40.9 Å². The molecule has 1 unspecified atom stereocenters. The van der Waals surface area contributed by atoms with E-state index in [0.29, 0.717) is 35.3 Å². The number of carbonyl (C=O) groups excluding carboxylic acids is 1. The zero-order valence-electron chi connectivity index (χ0n) is 18.0. The van der Waals surface area contributed by atoms with Crippen molar-refractivity contribution in [3.63, 3.8) is 0 Å². The fourth-order valence-electron chi connectivity index (χ4n) is 3.89. The lowest BCUT2D eigenvalue weighted by Crippen LogP contribution is -2.31. The number of aromatic nitrogens is 2. The van der Waals surface area contributed by atoms with Crippen LogP contribution in [0.2, 0.25) is 0 Å². The van der Waals surface area contributed by atoms with E-state index in [-0.39, 0.29) is 11.9 Å². The zero-order valence-corrected chi connectivity index (χ0v) is 18.0. The molecule has 8 nitrogen and oxygen atoms in total. The minimum absolute atomic E-state index is 0.0477. The molecule has 0 aliphatic carbocycles. The van der Waals surface area contributed by atoms with Crippen LogP contribution < -0.4 is 14.2 Å². The Hall–Kier alpha value is -3.55. The summed E-state index contributed by atoms with van der Waals surface area (Å²) in [6, 6.07) is 10.6. The van der Waals surface area contributed by atoms with E-state index in [0.717, 1.165) is 29.7 Å². The molecule has 2 aromatic carbocycles. The second-order valence-electron chi connectivity index (χ2n) is 7.36. The first-order chi connectivity index (χ1) is 15.0. The number of rotatable bonds is 6. The van der Waals surface area contributed by atoms with Crippen LogP contribution in [0.1, 0.15) is 40.7 Å². The lowest BCUT2D eigenvalue weighted by molar-refractivity contribution is 0.0709. The summed E-state index contributed by atoms with van der Waals surface area (Å²) in [6.07, 6.45) is 1.65. The number of nitrogens with zero attached hydrogens (tertiary/aromatic N) is 3. The number of benzene rings is 2. The van der Waals surface area contributed by atoms with E-state index in [1.807, 2.05) is 19.1 Å². The predicted octanol–water partition coefficient (Wildman–Crippen LogP) is 4.05. The van der Waals surface area contributed by atoms with Crippen molar-refractivity contribution in [3.05, 3.63) is 53.4 Å². The number of aryl methyl sites for hydroxylation is 1. The van der Waals surface area contributed by atoms with E-state index < -0.39 is 0 Å². The Morgan fingerprint density at radius 3 is 2.58 bits per heavy atom. The van der Waals surface area contributed by atoms with E-state index in [2.05, 4.69) is 10.1 Å². The number of carbonyl (C=O) groups is 1. The lowest BCUT2D eigenvalue weighted by atomic mass is 10.1. The maximum absolute atomic E-state index is 13.2. The minimum atomic E-state index is -0.254. The van der Waals surface area contributed by atoms with Crippen molar-refractivity contribution in [1.29, 1.82) is 0 Å². The molecule has 31 heavy (non-hydrogen) atoms. The molecule has 1 aromatic heterocycles. The van der Waals surface area contributed by atoms with Crippen molar-refractivity contribution < 1.29 is 23.5 Å². The topological polar surface area (TPSA) is 86.9 Å². The maximum Gasteiger partial charge on any atom is 0.254 e. The summed E-state index contributed by atoms with van der Waals surface area (Å²) < 4.78 is 21.5. The highest BCUT2D eigenvalue weighted by atomic mass is 16.5. The molecule has 162 valence electrons. The Kier molecular flexibility index (Phi) is 5.79. The first-order valence-electron chi connectivity index (χ1n) is 10.1. The molecule has 3 aromatic rings. The van der Waals surface area contributed by atoms with Crippen LogP contribution in [0.4, 0.5) is 0 Å². The first kappa shape index (κ1) is 20.7. The Morgan fingerprint density at radius 2 is 1.87 bits per heavy atom. The fourth-order valence-corrected chi connectivity index (χ4v) is 3.89. The molecule has 0 radical (unpaired) electrons. The van der Waals surface area contributed by atoms with Gasteiger partial charge in [-0.15, -0.1) is 0 Å². The van der Waals surface area contributed by atoms with Crippen LogP contribution >= 0.6 is 0 Å². The summed E-state index contributed by atoms with van der Waals surface area (Å²) in [5, 5.41) is 4.13. The first-order valence-corrected chi connectivity index (χ1v) is 10.1. The molecule has 1 aliphatic heterocycles. The molecule has 4 rings (SSSR count). The normalized spacial score (nSPS) is 15.7. The van der Waals surface area contributed by atoms with Gasteiger partial charge in [-0.1, -0.05) is 5.16 Å². The number of amides is 1. The number of methoxy groups -OCH3 is 3. The van der Waals surface area contributed by atoms with Gasteiger partial charge in [-0.3, -0.25) is 4.79 Å². The van der Waals surface area contributed by atoms with Gasteiger partial charge in [-0.05, 0) is 61.7 Å². The van der Waals surface area contributed by atoms with Crippen LogP contribution in [-0.4, -0.2) is 48.8 Å². The third-order valence-corrected chi connectivity index (χ3v) is 5.55. The van der Waals surface area contributed by atoms with Crippen LogP contribution in [0.25, 0.3) is 11.4 Å². The second kappa shape index (κ2) is 8.67. The van der Waals surface area contributed by atoms with E-state index in [4.69, 9.17) is 18.7 Å². The van der Waals surface area contributed by atoms with Gasteiger partial charge in [-0.2, -0.15) is 4.98 Å². The van der Waals surface area contributed by atoms with E-state index in [1.165, 1.54) is 0 Å². The second-order valence-corrected chi connectivity index (χ2v) is 7.36. The average molecular weight is 423 g/mol. The van der Waals surface area contributed by atoms with Crippen molar-refractivity contribution in [2.75, 3.05) is 27.9 Å². The lowest BCUT2D eigenvalue weighted by Gasteiger charge is -2.23. The molecule has 1 fully saturated rings. The van der Waals surface area contributed by atoms with E-state index >= 15 is 0 Å². The van der Waals surface area contributed by atoms with Crippen molar-refractivity contribution in [2.45, 2.75) is 25.8 Å². The van der Waals surface area contributed by atoms with Gasteiger partial charge < -0.3 is 23.6 Å². The highest BCUT2D eigenvalue weighted by Crippen LogP contribution is 2.35. The van der Waals surface area contributed by atoms with Crippen molar-refractivity contribution in [1.82, 2.24) is 15.0 Å². The molecule has 0 saturated carbocycles. The SMILES string of the molecule is COc1ccc(C(=O)N2CCCC2c2nc(-c3ccc(OC)c(OC)c3)no2)c(C)c1. The molecule has 1 saturated heterocycles. The Labute approximate surface area is 180 Å². The average Bonchev–Trinajstić information content (AvgIpc) is 3.47. The number of likely N-dealkylation sites (tertiary alicyclic amines) is 1. The Bertz CT molecular complexity index is 1090. The molecule has 2 heterocycles. The molecular weight excluding hydrogens is 398 g/mol. The summed E-state index contributed by atoms with van der Waals surface area (Å²) in [6.45, 7) is 2.55. The molecule has 0 N–H and O–H groups in total. The fraction of sp³-hybridized carbons (Fsp3) is 0.348. The predicted molar refractivity (Wildman–Crippen MR) is 114 cm³/mol. The summed E-state index contributed by atoms with van der Waals surface area (Å²) in [5.41, 5.74) is 2.26. The number of ether oxygens (including phenoxy) is 3. The quantitative estimate of drug-likeness (QED) is 0.591. The standard InChI is InChI=1S/C23H25N3O5/c1-14-12-16(28-2)8-9-17(14)23(27)26-11-5-6-18(26)22-24-21(25-31-22)15-7-10-19(29-3)20(13-15)30-4/h7-10,12-13,18H,5-6,11H2,1-4H3. The van der Waals surface area contributed by atoms with Gasteiger partial charge in [0, 0.05) is 17.7 Å². The minimum Gasteiger partial charge on any atom is -0.497 e. The smallest absolute Gasteiger partial charge is 0.254 e. The van der Waals surface area contributed by atoms with Gasteiger partial charge in [0.05, 0.1) is 21.3 Å². The van der Waals surface area contributed by atoms with Gasteiger partial charge in [0.1, 0.15) is 11.8 Å². The largest absolute Gasteiger partial charge is 0.497 e. The molecular formula is C23H25N3O5. The Balaban J connectivity index is 1.59. The van der Waals surface area contributed by atoms with Gasteiger partial charge in [-0.25, -0.2) is 0 Å². The molecule has 0 spiro atoms. The summed E-state index contributed by atoms with van der Waals surface area (Å²) in [5.74, 6) is 2.76. The molecule has 0 bridgehead atoms. The van der Waals surface area contributed by atoms with Crippen molar-refractivity contribution >= 4 is 5.91 Å². The molecule has 1 amide bonds. The number of hydrogen-bond acceptors (Lipinski definition) is 7. The third kappa shape index (κ3) is 3.93. The van der Waals surface area contributed by atoms with E-state index in [1.54, 1.807) is 50.5 Å². The maximum atomic E-state index is 13.2. The molecule has 1 aliphatic rings. The monoisotopic (exact) mass is 423 g/mol. The Morgan fingerprint density at radius 1 is 1.06 bits per heavy atom. The van der Waals surface area contributed by atoms with Gasteiger partial charge in [0.2, 0.25) is 11.7 Å². The van der Waals surface area contributed by atoms with Crippen LogP contribution in [-0.2, 0) is 0 Å². The summed E-state index contributed by atoms with van der Waals surface area (Å²) in [7, 11) is 4.77. The van der Waals surface area contributed by atoms with Crippen LogP contribution in [0, 0.1) is 6.92 Å². The van der Waals surface area contributed by atoms with Crippen LogP contribution in [0.5, 0.6) is 17.2 Å². The third-order valence-electron chi connectivity index (χ3n) is 5.55. The molecule has 1 atom stereocenters. The van der Waals surface area contributed by atoms with Crippen molar-refractivity contribution in [2.24, 2.45) is 0 Å². The highest BCUT2D eigenvalue weighted by molar-refractivity contribution is 5.96. The summed E-state index contributed by atoms with van der Waals surface area (Å²) in [4.78, 5) is 19.6. The van der Waals surface area contributed by atoms with Gasteiger partial charge in [0.25, 0.3) is 5.91 Å². The van der Waals surface area contributed by atoms with E-state index in [9.17, 15) is 4.79 Å².